The van der Waals surface area contributed by atoms with Gasteiger partial charge in [0, 0.05) is 56.2 Å². The van der Waals surface area contributed by atoms with Gasteiger partial charge in [0.05, 0.1) is 23.7 Å². The van der Waals surface area contributed by atoms with E-state index in [9.17, 15) is 4.79 Å². The maximum absolute atomic E-state index is 12.7. The Morgan fingerprint density at radius 3 is 2.52 bits per heavy atom. The minimum Gasteiger partial charge on any atom is -0.356 e. The van der Waals surface area contributed by atoms with Gasteiger partial charge in [-0.2, -0.15) is 0 Å². The van der Waals surface area contributed by atoms with Crippen LogP contribution < -0.4 is 10.2 Å². The number of anilines is 2. The minimum atomic E-state index is -0.145. The first-order chi connectivity index (χ1) is 20.7. The largest absolute Gasteiger partial charge is 0.356 e. The van der Waals surface area contributed by atoms with Crippen molar-refractivity contribution < 1.29 is 9.32 Å². The molecule has 4 heterocycles. The molecule has 9 heteroatoms. The average molecular weight is 556 g/mol. The number of fused-ring (bicyclic) bond motifs is 2. The Morgan fingerprint density at radius 1 is 0.857 bits per heavy atom. The molecule has 42 heavy (non-hydrogen) atoms. The van der Waals surface area contributed by atoms with Crippen molar-refractivity contribution >= 4 is 39.4 Å². The highest BCUT2D eigenvalue weighted by Crippen LogP contribution is 2.26. The van der Waals surface area contributed by atoms with Gasteiger partial charge in [0.1, 0.15) is 11.5 Å². The van der Waals surface area contributed by atoms with E-state index in [1.54, 1.807) is 0 Å². The molecule has 9 nitrogen and oxygen atoms in total. The Morgan fingerprint density at radius 2 is 1.69 bits per heavy atom. The molecule has 0 aliphatic carbocycles. The molecule has 1 N–H and O–H groups in total. The van der Waals surface area contributed by atoms with Crippen LogP contribution in [-0.4, -0.2) is 57.1 Å². The third kappa shape index (κ3) is 5.55. The number of para-hydroxylation sites is 1. The SMILES string of the molecule is O=C(Cc1noc2ccccc12)Nc1ccc(-c2ccc3ncc(N4CCN(Cc5cccnc5)CC4)nc3c2)cc1. The monoisotopic (exact) mass is 555 g/mol. The van der Waals surface area contributed by atoms with Gasteiger partial charge in [0.25, 0.3) is 0 Å². The van der Waals surface area contributed by atoms with Crippen molar-refractivity contribution in [3.63, 3.8) is 0 Å². The number of piperazine rings is 1. The molecule has 1 amide bonds. The molecule has 0 atom stereocenters. The molecule has 0 radical (unpaired) electrons. The second-order valence-corrected chi connectivity index (χ2v) is 10.5. The number of carbonyl (C=O) groups is 1. The smallest absolute Gasteiger partial charge is 0.230 e. The summed E-state index contributed by atoms with van der Waals surface area (Å²) in [5.41, 5.74) is 7.07. The molecule has 1 aliphatic heterocycles. The lowest BCUT2D eigenvalue weighted by Crippen LogP contribution is -2.46. The molecule has 1 fully saturated rings. The van der Waals surface area contributed by atoms with Crippen LogP contribution in [0.1, 0.15) is 11.3 Å². The third-order valence-corrected chi connectivity index (χ3v) is 7.64. The highest BCUT2D eigenvalue weighted by atomic mass is 16.5. The van der Waals surface area contributed by atoms with Gasteiger partial charge in [-0.1, -0.05) is 41.6 Å². The number of rotatable bonds is 7. The number of nitrogens with one attached hydrogen (secondary N) is 1. The molecule has 3 aromatic carbocycles. The molecule has 0 bridgehead atoms. The number of amides is 1. The van der Waals surface area contributed by atoms with Crippen molar-refractivity contribution in [3.8, 4) is 11.1 Å². The first-order valence-electron chi connectivity index (χ1n) is 14.0. The summed E-state index contributed by atoms with van der Waals surface area (Å²) in [6, 6.07) is 25.6. The van der Waals surface area contributed by atoms with E-state index in [-0.39, 0.29) is 12.3 Å². The Balaban J connectivity index is 1.00. The normalized spacial score (nSPS) is 14.0. The first-order valence-corrected chi connectivity index (χ1v) is 14.0. The summed E-state index contributed by atoms with van der Waals surface area (Å²) in [4.78, 5) is 31.3. The second-order valence-electron chi connectivity index (χ2n) is 10.5. The summed E-state index contributed by atoms with van der Waals surface area (Å²) >= 11 is 0. The van der Waals surface area contributed by atoms with Crippen molar-refractivity contribution in [1.82, 2.24) is 25.0 Å². The Bertz CT molecular complexity index is 1850. The third-order valence-electron chi connectivity index (χ3n) is 7.64. The van der Waals surface area contributed by atoms with Crippen LogP contribution >= 0.6 is 0 Å². The van der Waals surface area contributed by atoms with Crippen LogP contribution in [0.25, 0.3) is 33.1 Å². The van der Waals surface area contributed by atoms with Crippen LogP contribution in [0.5, 0.6) is 0 Å². The van der Waals surface area contributed by atoms with Gasteiger partial charge >= 0.3 is 0 Å². The van der Waals surface area contributed by atoms with Gasteiger partial charge in [-0.15, -0.1) is 0 Å². The van der Waals surface area contributed by atoms with Crippen molar-refractivity contribution in [1.29, 1.82) is 0 Å². The van der Waals surface area contributed by atoms with Crippen molar-refractivity contribution in [2.45, 2.75) is 13.0 Å². The van der Waals surface area contributed by atoms with E-state index in [0.717, 1.165) is 71.8 Å². The maximum atomic E-state index is 12.7. The molecular formula is C33H29N7O2. The minimum absolute atomic E-state index is 0.143. The summed E-state index contributed by atoms with van der Waals surface area (Å²) in [5.74, 6) is 0.756. The van der Waals surface area contributed by atoms with Gasteiger partial charge < -0.3 is 14.7 Å². The van der Waals surface area contributed by atoms with Crippen LogP contribution in [0.2, 0.25) is 0 Å². The summed E-state index contributed by atoms with van der Waals surface area (Å²) in [6.45, 7) is 4.65. The second kappa shape index (κ2) is 11.4. The number of benzene rings is 3. The number of hydrogen-bond donors (Lipinski definition) is 1. The molecule has 208 valence electrons. The van der Waals surface area contributed by atoms with Crippen molar-refractivity contribution in [3.05, 3.63) is 109 Å². The van der Waals surface area contributed by atoms with Crippen molar-refractivity contribution in [2.75, 3.05) is 36.4 Å². The van der Waals surface area contributed by atoms with Crippen LogP contribution in [0, 0.1) is 0 Å². The number of carbonyl (C=O) groups excluding carboxylic acids is 1. The highest BCUT2D eigenvalue weighted by Gasteiger charge is 2.19. The molecular weight excluding hydrogens is 526 g/mol. The maximum Gasteiger partial charge on any atom is 0.230 e. The fourth-order valence-corrected chi connectivity index (χ4v) is 5.39. The van der Waals surface area contributed by atoms with E-state index in [0.29, 0.717) is 11.3 Å². The number of pyridine rings is 1. The van der Waals surface area contributed by atoms with Gasteiger partial charge in [0.2, 0.25) is 5.91 Å². The Labute approximate surface area is 242 Å². The molecule has 3 aromatic heterocycles. The molecule has 7 rings (SSSR count). The fourth-order valence-electron chi connectivity index (χ4n) is 5.39. The van der Waals surface area contributed by atoms with E-state index in [2.05, 4.69) is 48.4 Å². The Hall–Kier alpha value is -5.15. The molecule has 6 aromatic rings. The zero-order valence-corrected chi connectivity index (χ0v) is 23.0. The lowest BCUT2D eigenvalue weighted by Gasteiger charge is -2.35. The van der Waals surface area contributed by atoms with Gasteiger partial charge in [-0.3, -0.25) is 19.7 Å². The van der Waals surface area contributed by atoms with Crippen LogP contribution in [0.3, 0.4) is 0 Å². The fraction of sp³-hybridized carbons (Fsp3) is 0.182. The molecule has 0 saturated carbocycles. The predicted molar refractivity (Wildman–Crippen MR) is 163 cm³/mol. The van der Waals surface area contributed by atoms with E-state index >= 15 is 0 Å². The quantitative estimate of drug-likeness (QED) is 0.282. The van der Waals surface area contributed by atoms with Crippen LogP contribution in [-0.2, 0) is 17.8 Å². The average Bonchev–Trinajstić information content (AvgIpc) is 3.44. The van der Waals surface area contributed by atoms with Gasteiger partial charge in [-0.05, 0) is 59.2 Å². The lowest BCUT2D eigenvalue weighted by molar-refractivity contribution is -0.115. The van der Waals surface area contributed by atoms with Gasteiger partial charge in [-0.25, -0.2) is 4.98 Å². The van der Waals surface area contributed by atoms with E-state index in [4.69, 9.17) is 9.51 Å². The molecule has 0 spiro atoms. The van der Waals surface area contributed by atoms with Crippen LogP contribution in [0.15, 0.2) is 102 Å². The lowest BCUT2D eigenvalue weighted by atomic mass is 10.0. The zero-order valence-electron chi connectivity index (χ0n) is 23.0. The summed E-state index contributed by atoms with van der Waals surface area (Å²) in [6.07, 6.45) is 5.76. The topological polar surface area (TPSA) is 100 Å². The Kier molecular flexibility index (Phi) is 6.99. The van der Waals surface area contributed by atoms with Gasteiger partial charge in [0.15, 0.2) is 5.58 Å². The molecule has 0 unspecified atom stereocenters. The zero-order chi connectivity index (χ0) is 28.3. The first kappa shape index (κ1) is 25.8. The number of nitrogens with zero attached hydrogens (tertiary/aromatic N) is 6. The van der Waals surface area contributed by atoms with Crippen LogP contribution in [0.4, 0.5) is 11.5 Å². The van der Waals surface area contributed by atoms with E-state index in [1.165, 1.54) is 5.56 Å². The van der Waals surface area contributed by atoms with Crippen molar-refractivity contribution in [2.24, 2.45) is 0 Å². The number of aromatic nitrogens is 4. The predicted octanol–water partition coefficient (Wildman–Crippen LogP) is 5.34. The summed E-state index contributed by atoms with van der Waals surface area (Å²) in [7, 11) is 0. The highest BCUT2D eigenvalue weighted by molar-refractivity contribution is 5.95. The van der Waals surface area contributed by atoms with E-state index < -0.39 is 0 Å². The summed E-state index contributed by atoms with van der Waals surface area (Å²) < 4.78 is 5.32. The summed E-state index contributed by atoms with van der Waals surface area (Å²) in [5, 5.41) is 7.87. The molecule has 1 aliphatic rings. The molecule has 1 saturated heterocycles. The van der Waals surface area contributed by atoms with E-state index in [1.807, 2.05) is 79.3 Å². The number of hydrogen-bond acceptors (Lipinski definition) is 8. The standard InChI is InChI=1S/C33H29N7O2/c41-33(19-29-27-5-1-2-6-31(27)42-38-29)36-26-10-7-24(8-11-26)25-9-12-28-30(18-25)37-32(21-35-28)40-16-14-39(15-17-40)22-23-4-3-13-34-20-23/h1-13,18,20-21H,14-17,19,22H2,(H,36,41).